The summed E-state index contributed by atoms with van der Waals surface area (Å²) in [6.07, 6.45) is 0. The first-order valence-corrected chi connectivity index (χ1v) is 6.98. The van der Waals surface area contributed by atoms with E-state index in [1.807, 2.05) is 0 Å². The third-order valence-electron chi connectivity index (χ3n) is 3.69. The van der Waals surface area contributed by atoms with Crippen molar-refractivity contribution in [3.05, 3.63) is 69.3 Å². The van der Waals surface area contributed by atoms with Crippen LogP contribution < -0.4 is 5.11 Å². The number of fused-ring (bicyclic) bond motifs is 1. The molecule has 7 nitrogen and oxygen atoms in total. The van der Waals surface area contributed by atoms with E-state index in [1.165, 1.54) is 6.92 Å². The van der Waals surface area contributed by atoms with E-state index < -0.39 is 16.5 Å². The molecular weight excluding hydrogens is 312 g/mol. The van der Waals surface area contributed by atoms with Gasteiger partial charge < -0.3 is 10.2 Å². The van der Waals surface area contributed by atoms with Crippen LogP contribution in [0, 0.1) is 10.1 Å². The normalized spacial score (nSPS) is 14.0. The maximum Gasteiger partial charge on any atom is 0.271 e. The molecule has 0 amide bonds. The monoisotopic (exact) mass is 323 g/mol. The topological polar surface area (TPSA) is 116 Å². The molecule has 7 heteroatoms. The van der Waals surface area contributed by atoms with E-state index in [4.69, 9.17) is 0 Å². The number of rotatable bonds is 3. The maximum absolute atomic E-state index is 12.4. The molecule has 0 fully saturated rings. The Hall–Kier alpha value is -3.48. The molecule has 0 radical (unpaired) electrons. The van der Waals surface area contributed by atoms with Crippen LogP contribution in [-0.2, 0) is 0 Å². The number of non-ortho nitro benzene ring substituents is 1. The Kier molecular flexibility index (Phi) is 3.61. The number of hydrogen-bond donors (Lipinski definition) is 1. The molecule has 120 valence electrons. The van der Waals surface area contributed by atoms with Crippen molar-refractivity contribution in [1.29, 1.82) is 0 Å². The summed E-state index contributed by atoms with van der Waals surface area (Å²) in [6, 6.07) is 9.79. The molecule has 1 aliphatic rings. The second kappa shape index (κ2) is 5.62. The van der Waals surface area contributed by atoms with E-state index in [0.717, 1.165) is 18.2 Å². The fourth-order valence-electron chi connectivity index (χ4n) is 2.53. The van der Waals surface area contributed by atoms with E-state index in [2.05, 4.69) is 4.99 Å². The fraction of sp³-hybridized carbons (Fsp3) is 0.0588. The van der Waals surface area contributed by atoms with Gasteiger partial charge in [0.05, 0.1) is 4.92 Å². The number of aromatic hydroxyl groups is 1. The standard InChI is InChI=1S/C17H12N2O5/c1-9(18-13-8-10(19(23)24)6-7-14(13)20)15-16(21)11-4-2-3-5-12(11)17(15)22/h2-8,20-21H,1H3/p-1. The van der Waals surface area contributed by atoms with Crippen molar-refractivity contribution in [1.82, 2.24) is 0 Å². The fourth-order valence-corrected chi connectivity index (χ4v) is 2.53. The lowest BCUT2D eigenvalue weighted by molar-refractivity contribution is -0.384. The number of nitro benzene ring substituents is 1. The molecule has 0 heterocycles. The van der Waals surface area contributed by atoms with Gasteiger partial charge in [0, 0.05) is 29.0 Å². The summed E-state index contributed by atoms with van der Waals surface area (Å²) in [5.41, 5.74) is 0.271. The van der Waals surface area contributed by atoms with Crippen LogP contribution in [0.4, 0.5) is 11.4 Å². The lowest BCUT2D eigenvalue weighted by atomic mass is 10.1. The molecule has 0 bridgehead atoms. The molecule has 0 spiro atoms. The van der Waals surface area contributed by atoms with Gasteiger partial charge in [0.15, 0.2) is 5.78 Å². The van der Waals surface area contributed by atoms with Gasteiger partial charge in [0.1, 0.15) is 11.4 Å². The third-order valence-corrected chi connectivity index (χ3v) is 3.69. The zero-order valence-corrected chi connectivity index (χ0v) is 12.5. The molecule has 0 aliphatic heterocycles. The number of nitrogens with zero attached hydrogens (tertiary/aromatic N) is 2. The quantitative estimate of drug-likeness (QED) is 0.529. The Balaban J connectivity index is 2.08. The molecule has 0 unspecified atom stereocenters. The number of aliphatic imine (C=N–C) groups is 1. The molecule has 0 saturated carbocycles. The van der Waals surface area contributed by atoms with Crippen molar-refractivity contribution >= 4 is 28.6 Å². The largest absolute Gasteiger partial charge is 0.871 e. The maximum atomic E-state index is 12.4. The number of benzene rings is 2. The van der Waals surface area contributed by atoms with Crippen LogP contribution in [0.2, 0.25) is 0 Å². The predicted octanol–water partition coefficient (Wildman–Crippen LogP) is 2.36. The van der Waals surface area contributed by atoms with Gasteiger partial charge in [-0.05, 0) is 18.6 Å². The first-order valence-electron chi connectivity index (χ1n) is 6.98. The van der Waals surface area contributed by atoms with Gasteiger partial charge in [0.2, 0.25) is 0 Å². The summed E-state index contributed by atoms with van der Waals surface area (Å²) in [4.78, 5) is 26.6. The number of allylic oxidation sites excluding steroid dienone is 1. The Morgan fingerprint density at radius 2 is 1.83 bits per heavy atom. The summed E-state index contributed by atoms with van der Waals surface area (Å²) in [5.74, 6) is -1.17. The summed E-state index contributed by atoms with van der Waals surface area (Å²) < 4.78 is 0. The molecule has 1 N–H and O–H groups in total. The molecule has 0 saturated heterocycles. The minimum atomic E-state index is -0.622. The van der Waals surface area contributed by atoms with E-state index in [0.29, 0.717) is 11.1 Å². The number of carbonyl (C=O) groups is 1. The highest BCUT2D eigenvalue weighted by atomic mass is 16.6. The van der Waals surface area contributed by atoms with E-state index in [1.54, 1.807) is 24.3 Å². The van der Waals surface area contributed by atoms with Crippen molar-refractivity contribution in [2.24, 2.45) is 4.99 Å². The highest BCUT2D eigenvalue weighted by Gasteiger charge is 2.26. The zero-order valence-electron chi connectivity index (χ0n) is 12.5. The van der Waals surface area contributed by atoms with Gasteiger partial charge in [-0.25, -0.2) is 4.99 Å². The lowest BCUT2D eigenvalue weighted by Crippen LogP contribution is -2.11. The van der Waals surface area contributed by atoms with Gasteiger partial charge in [-0.1, -0.05) is 30.0 Å². The highest BCUT2D eigenvalue weighted by Crippen LogP contribution is 2.34. The number of phenols is 1. The smallest absolute Gasteiger partial charge is 0.271 e. The Morgan fingerprint density at radius 3 is 2.46 bits per heavy atom. The molecule has 1 aliphatic carbocycles. The number of Topliss-reactive ketones (excluding diaryl/α,β-unsaturated/α-hetero) is 1. The molecule has 2 aromatic rings. The summed E-state index contributed by atoms with van der Waals surface area (Å²) in [7, 11) is 0. The number of hydrogen-bond acceptors (Lipinski definition) is 6. The molecule has 0 atom stereocenters. The number of carbonyl (C=O) groups excluding carboxylic acids is 1. The second-order valence-corrected chi connectivity index (χ2v) is 5.21. The van der Waals surface area contributed by atoms with E-state index >= 15 is 0 Å². The Morgan fingerprint density at radius 1 is 1.17 bits per heavy atom. The van der Waals surface area contributed by atoms with Gasteiger partial charge >= 0.3 is 0 Å². The Labute approximate surface area is 136 Å². The Bertz CT molecular complexity index is 944. The van der Waals surface area contributed by atoms with Gasteiger partial charge in [0.25, 0.3) is 5.69 Å². The summed E-state index contributed by atoms with van der Waals surface area (Å²) in [6.45, 7) is 1.45. The molecule has 24 heavy (non-hydrogen) atoms. The van der Waals surface area contributed by atoms with Crippen LogP contribution in [-0.4, -0.2) is 21.5 Å². The predicted molar refractivity (Wildman–Crippen MR) is 85.2 cm³/mol. The van der Waals surface area contributed by atoms with Crippen molar-refractivity contribution in [2.75, 3.05) is 0 Å². The molecule has 0 aromatic heterocycles. The highest BCUT2D eigenvalue weighted by molar-refractivity contribution is 6.35. The van der Waals surface area contributed by atoms with Crippen molar-refractivity contribution in [3.63, 3.8) is 0 Å². The van der Waals surface area contributed by atoms with Crippen LogP contribution in [0.15, 0.2) is 53.0 Å². The summed E-state index contributed by atoms with van der Waals surface area (Å²) >= 11 is 0. The average Bonchev–Trinajstić information content (AvgIpc) is 2.81. The zero-order chi connectivity index (χ0) is 17.4. The molecular formula is C17H11N2O5-. The van der Waals surface area contributed by atoms with Crippen molar-refractivity contribution in [2.45, 2.75) is 6.92 Å². The minimum Gasteiger partial charge on any atom is -0.871 e. The SMILES string of the molecule is CC(=Nc1cc([N+](=O)[O-])ccc1O)C1=C([O-])c2ccccc2C1=O. The summed E-state index contributed by atoms with van der Waals surface area (Å²) in [5, 5.41) is 33.0. The molecule has 2 aromatic carbocycles. The van der Waals surface area contributed by atoms with Crippen LogP contribution in [0.25, 0.3) is 5.76 Å². The van der Waals surface area contributed by atoms with E-state index in [9.17, 15) is 25.1 Å². The number of nitro groups is 1. The van der Waals surface area contributed by atoms with Crippen LogP contribution in [0.5, 0.6) is 5.75 Å². The van der Waals surface area contributed by atoms with Gasteiger partial charge in [-0.3, -0.25) is 14.9 Å². The number of phenolic OH excluding ortho intramolecular Hbond substituents is 1. The van der Waals surface area contributed by atoms with Crippen molar-refractivity contribution < 1.29 is 19.9 Å². The van der Waals surface area contributed by atoms with E-state index in [-0.39, 0.29) is 28.4 Å². The van der Waals surface area contributed by atoms with Gasteiger partial charge in [-0.2, -0.15) is 0 Å². The van der Waals surface area contributed by atoms with Crippen molar-refractivity contribution in [3.8, 4) is 5.75 Å². The van der Waals surface area contributed by atoms with Crippen LogP contribution in [0.3, 0.4) is 0 Å². The minimum absolute atomic E-state index is 0.0780. The average molecular weight is 323 g/mol. The van der Waals surface area contributed by atoms with Crippen LogP contribution in [0.1, 0.15) is 22.8 Å². The van der Waals surface area contributed by atoms with Crippen LogP contribution >= 0.6 is 0 Å². The molecule has 3 rings (SSSR count). The second-order valence-electron chi connectivity index (χ2n) is 5.21. The third kappa shape index (κ3) is 2.41. The number of ketones is 1. The van der Waals surface area contributed by atoms with Gasteiger partial charge in [-0.15, -0.1) is 0 Å². The first-order chi connectivity index (χ1) is 11.4. The first kappa shape index (κ1) is 15.4. The lowest BCUT2D eigenvalue weighted by Gasteiger charge is -2.11.